The Balaban J connectivity index is 1.57. The fourth-order valence-corrected chi connectivity index (χ4v) is 3.24. The summed E-state index contributed by atoms with van der Waals surface area (Å²) in [5, 5.41) is 0. The minimum absolute atomic E-state index is 0.00531. The standard InChI is InChI=1S/C17H17NO6S/c1-22-14-4-6-15(7-5-14)23-8-9-25(20,21)18-13-3-2-12-11-24-17(19)16(12)10-13/h2-7,10,18H,8-9,11H2,1H3. The number of ether oxygens (including phenoxy) is 3. The molecule has 0 unspecified atom stereocenters. The molecule has 3 rings (SSSR count). The average molecular weight is 363 g/mol. The van der Waals surface area contributed by atoms with E-state index in [1.165, 1.54) is 6.07 Å². The van der Waals surface area contributed by atoms with Crippen molar-refractivity contribution in [1.29, 1.82) is 0 Å². The predicted molar refractivity (Wildman–Crippen MR) is 91.5 cm³/mol. The number of esters is 1. The fraction of sp³-hybridized carbons (Fsp3) is 0.235. The molecule has 132 valence electrons. The molecular weight excluding hydrogens is 346 g/mol. The van der Waals surface area contributed by atoms with Crippen LogP contribution in [0, 0.1) is 0 Å². The van der Waals surface area contributed by atoms with Gasteiger partial charge in [-0.2, -0.15) is 0 Å². The van der Waals surface area contributed by atoms with Crippen LogP contribution in [0.5, 0.6) is 11.5 Å². The van der Waals surface area contributed by atoms with E-state index in [-0.39, 0.29) is 19.0 Å². The van der Waals surface area contributed by atoms with Crippen LogP contribution in [-0.2, 0) is 21.4 Å². The Bertz CT molecular complexity index is 877. The van der Waals surface area contributed by atoms with E-state index < -0.39 is 16.0 Å². The van der Waals surface area contributed by atoms with Crippen molar-refractivity contribution in [3.05, 3.63) is 53.6 Å². The lowest BCUT2D eigenvalue weighted by atomic mass is 10.1. The summed E-state index contributed by atoms with van der Waals surface area (Å²) >= 11 is 0. The minimum Gasteiger partial charge on any atom is -0.497 e. The Morgan fingerprint density at radius 1 is 1.12 bits per heavy atom. The maximum absolute atomic E-state index is 12.1. The van der Waals surface area contributed by atoms with E-state index in [0.717, 1.165) is 5.56 Å². The summed E-state index contributed by atoms with van der Waals surface area (Å²) in [7, 11) is -2.04. The van der Waals surface area contributed by atoms with Crippen LogP contribution in [0.2, 0.25) is 0 Å². The van der Waals surface area contributed by atoms with E-state index in [4.69, 9.17) is 14.2 Å². The lowest BCUT2D eigenvalue weighted by molar-refractivity contribution is 0.0535. The highest BCUT2D eigenvalue weighted by Crippen LogP contribution is 2.24. The number of benzene rings is 2. The van der Waals surface area contributed by atoms with Gasteiger partial charge >= 0.3 is 5.97 Å². The summed E-state index contributed by atoms with van der Waals surface area (Å²) in [6, 6.07) is 11.6. The van der Waals surface area contributed by atoms with Crippen LogP contribution in [0.4, 0.5) is 5.69 Å². The molecule has 0 spiro atoms. The Kier molecular flexibility index (Phi) is 4.80. The van der Waals surface area contributed by atoms with Crippen molar-refractivity contribution < 1.29 is 27.4 Å². The third-order valence-corrected chi connectivity index (χ3v) is 4.89. The molecule has 0 aromatic heterocycles. The third-order valence-electron chi connectivity index (χ3n) is 3.64. The molecule has 0 amide bonds. The number of methoxy groups -OCH3 is 1. The minimum atomic E-state index is -3.60. The van der Waals surface area contributed by atoms with Gasteiger partial charge < -0.3 is 14.2 Å². The zero-order valence-electron chi connectivity index (χ0n) is 13.5. The fourth-order valence-electron chi connectivity index (χ4n) is 2.35. The summed E-state index contributed by atoms with van der Waals surface area (Å²) in [6.07, 6.45) is 0. The normalized spacial score (nSPS) is 13.1. The maximum Gasteiger partial charge on any atom is 0.338 e. The van der Waals surface area contributed by atoms with Gasteiger partial charge in [0.25, 0.3) is 0 Å². The zero-order valence-corrected chi connectivity index (χ0v) is 14.3. The quantitative estimate of drug-likeness (QED) is 0.758. The molecule has 0 fully saturated rings. The second-order valence-electron chi connectivity index (χ2n) is 5.39. The van der Waals surface area contributed by atoms with Crippen molar-refractivity contribution in [3.8, 4) is 11.5 Å². The van der Waals surface area contributed by atoms with Gasteiger partial charge in [-0.1, -0.05) is 6.07 Å². The molecule has 1 heterocycles. The third kappa shape index (κ3) is 4.21. The van der Waals surface area contributed by atoms with Crippen molar-refractivity contribution in [2.45, 2.75) is 6.61 Å². The maximum atomic E-state index is 12.1. The van der Waals surface area contributed by atoms with Crippen molar-refractivity contribution in [2.24, 2.45) is 0 Å². The first kappa shape index (κ1) is 17.1. The molecule has 0 atom stereocenters. The summed E-state index contributed by atoms with van der Waals surface area (Å²) in [6.45, 7) is 0.214. The molecule has 8 heteroatoms. The highest BCUT2D eigenvalue weighted by atomic mass is 32.2. The van der Waals surface area contributed by atoms with Crippen LogP contribution in [0.15, 0.2) is 42.5 Å². The molecule has 0 saturated heterocycles. The Labute approximate surface area is 145 Å². The van der Waals surface area contributed by atoms with Gasteiger partial charge in [0.2, 0.25) is 10.0 Å². The van der Waals surface area contributed by atoms with Crippen LogP contribution in [0.1, 0.15) is 15.9 Å². The lowest BCUT2D eigenvalue weighted by Gasteiger charge is -2.10. The molecular formula is C17H17NO6S. The number of hydrogen-bond acceptors (Lipinski definition) is 6. The molecule has 7 nitrogen and oxygen atoms in total. The topological polar surface area (TPSA) is 90.9 Å². The molecule has 2 aromatic carbocycles. The van der Waals surface area contributed by atoms with Crippen LogP contribution < -0.4 is 14.2 Å². The molecule has 1 N–H and O–H groups in total. The number of sulfonamides is 1. The Morgan fingerprint density at radius 2 is 1.84 bits per heavy atom. The highest BCUT2D eigenvalue weighted by Gasteiger charge is 2.22. The van der Waals surface area contributed by atoms with Gasteiger partial charge in [0.15, 0.2) is 0 Å². The highest BCUT2D eigenvalue weighted by molar-refractivity contribution is 7.92. The molecule has 0 radical (unpaired) electrons. The summed E-state index contributed by atoms with van der Waals surface area (Å²) in [5.74, 6) is 0.576. The second kappa shape index (κ2) is 7.02. The molecule has 0 aliphatic carbocycles. The van der Waals surface area contributed by atoms with E-state index in [9.17, 15) is 13.2 Å². The Hall–Kier alpha value is -2.74. The number of carbonyl (C=O) groups excluding carboxylic acids is 1. The molecule has 0 saturated carbocycles. The van der Waals surface area contributed by atoms with Gasteiger partial charge in [-0.05, 0) is 36.4 Å². The van der Waals surface area contributed by atoms with Crippen molar-refractivity contribution >= 4 is 21.7 Å². The number of carbonyl (C=O) groups is 1. The van der Waals surface area contributed by atoms with Gasteiger partial charge in [-0.3, -0.25) is 4.72 Å². The van der Waals surface area contributed by atoms with E-state index in [1.807, 2.05) is 0 Å². The van der Waals surface area contributed by atoms with E-state index in [0.29, 0.717) is 22.7 Å². The van der Waals surface area contributed by atoms with Gasteiger partial charge in [0.1, 0.15) is 30.5 Å². The number of rotatable bonds is 7. The van der Waals surface area contributed by atoms with Crippen LogP contribution in [0.3, 0.4) is 0 Å². The monoisotopic (exact) mass is 363 g/mol. The molecule has 1 aliphatic rings. The van der Waals surface area contributed by atoms with Gasteiger partial charge in [0.05, 0.1) is 12.7 Å². The summed E-state index contributed by atoms with van der Waals surface area (Å²) in [4.78, 5) is 11.5. The van der Waals surface area contributed by atoms with Crippen LogP contribution in [-0.4, -0.2) is 33.9 Å². The molecule has 0 bridgehead atoms. The number of nitrogens with one attached hydrogen (secondary N) is 1. The SMILES string of the molecule is COc1ccc(OCCS(=O)(=O)Nc2ccc3c(c2)C(=O)OC3)cc1. The smallest absolute Gasteiger partial charge is 0.338 e. The summed E-state index contributed by atoms with van der Waals surface area (Å²) in [5.41, 5.74) is 1.45. The number of anilines is 1. The van der Waals surface area contributed by atoms with Gasteiger partial charge in [0, 0.05) is 11.3 Å². The molecule has 2 aromatic rings. The molecule has 1 aliphatic heterocycles. The lowest BCUT2D eigenvalue weighted by Crippen LogP contribution is -2.21. The first-order valence-corrected chi connectivity index (χ1v) is 9.19. The van der Waals surface area contributed by atoms with Gasteiger partial charge in [-0.25, -0.2) is 13.2 Å². The van der Waals surface area contributed by atoms with E-state index in [1.54, 1.807) is 43.5 Å². The average Bonchev–Trinajstić information content (AvgIpc) is 2.96. The van der Waals surface area contributed by atoms with E-state index in [2.05, 4.69) is 4.72 Å². The van der Waals surface area contributed by atoms with Gasteiger partial charge in [-0.15, -0.1) is 0 Å². The van der Waals surface area contributed by atoms with Crippen molar-refractivity contribution in [2.75, 3.05) is 24.2 Å². The number of fused-ring (bicyclic) bond motifs is 1. The molecule has 25 heavy (non-hydrogen) atoms. The number of hydrogen-bond donors (Lipinski definition) is 1. The van der Waals surface area contributed by atoms with Crippen molar-refractivity contribution in [3.63, 3.8) is 0 Å². The first-order chi connectivity index (χ1) is 12.0. The largest absolute Gasteiger partial charge is 0.497 e. The zero-order chi connectivity index (χ0) is 17.9. The van der Waals surface area contributed by atoms with Crippen molar-refractivity contribution in [1.82, 2.24) is 0 Å². The van der Waals surface area contributed by atoms with Crippen LogP contribution >= 0.6 is 0 Å². The summed E-state index contributed by atoms with van der Waals surface area (Å²) < 4.78 is 42.1. The number of cyclic esters (lactones) is 1. The second-order valence-corrected chi connectivity index (χ2v) is 7.23. The Morgan fingerprint density at radius 3 is 2.56 bits per heavy atom. The predicted octanol–water partition coefficient (Wildman–Crippen LogP) is 2.19. The first-order valence-electron chi connectivity index (χ1n) is 7.54. The van der Waals surface area contributed by atoms with Crippen LogP contribution in [0.25, 0.3) is 0 Å². The van der Waals surface area contributed by atoms with E-state index >= 15 is 0 Å².